The van der Waals surface area contributed by atoms with Crippen molar-refractivity contribution in [2.45, 2.75) is 168 Å². The van der Waals surface area contributed by atoms with Gasteiger partial charge in [0.1, 0.15) is 6.23 Å². The lowest BCUT2D eigenvalue weighted by molar-refractivity contribution is 0.0163. The Morgan fingerprint density at radius 3 is 0.900 bits per heavy atom. The lowest BCUT2D eigenvalue weighted by Crippen LogP contribution is -2.34. The summed E-state index contributed by atoms with van der Waals surface area (Å²) in [7, 11) is 0. The van der Waals surface area contributed by atoms with Gasteiger partial charge in [-0.2, -0.15) is 0 Å². The first-order chi connectivity index (χ1) is 14.7. The number of nitrogens with zero attached hydrogens (tertiary/aromatic N) is 1. The molecule has 2 heteroatoms. The van der Waals surface area contributed by atoms with Gasteiger partial charge in [-0.15, -0.1) is 0 Å². The molecule has 0 aromatic rings. The van der Waals surface area contributed by atoms with Gasteiger partial charge in [-0.3, -0.25) is 4.90 Å². The Bertz CT molecular complexity index is 279. The van der Waals surface area contributed by atoms with Crippen molar-refractivity contribution < 1.29 is 5.11 Å². The summed E-state index contributed by atoms with van der Waals surface area (Å²) in [5.74, 6) is 0. The quantitative estimate of drug-likeness (QED) is 0.116. The molecular weight excluding hydrogens is 366 g/mol. The maximum atomic E-state index is 10.1. The minimum Gasteiger partial charge on any atom is -0.379 e. The van der Waals surface area contributed by atoms with Gasteiger partial charge in [0.25, 0.3) is 0 Å². The fourth-order valence-electron chi connectivity index (χ4n) is 4.44. The fourth-order valence-corrected chi connectivity index (χ4v) is 4.44. The Kier molecular flexibility index (Phi) is 25.1. The summed E-state index contributed by atoms with van der Waals surface area (Å²) in [6.45, 7) is 8.67. The summed E-state index contributed by atoms with van der Waals surface area (Å²) in [6, 6.07) is 0. The average molecular weight is 426 g/mol. The molecule has 0 spiro atoms. The number of hydrogen-bond acceptors (Lipinski definition) is 2. The van der Waals surface area contributed by atoms with Crippen LogP contribution in [0.1, 0.15) is 162 Å². The van der Waals surface area contributed by atoms with Crippen LogP contribution in [0, 0.1) is 0 Å². The third-order valence-corrected chi connectivity index (χ3v) is 6.63. The van der Waals surface area contributed by atoms with Crippen molar-refractivity contribution >= 4 is 0 Å². The minimum absolute atomic E-state index is 0.281. The lowest BCUT2D eigenvalue weighted by Gasteiger charge is -2.25. The van der Waals surface area contributed by atoms with E-state index in [0.29, 0.717) is 0 Å². The first kappa shape index (κ1) is 29.9. The summed E-state index contributed by atoms with van der Waals surface area (Å²) < 4.78 is 0. The van der Waals surface area contributed by atoms with E-state index in [1.807, 2.05) is 6.92 Å². The Morgan fingerprint density at radius 1 is 0.433 bits per heavy atom. The molecule has 2 nitrogen and oxygen atoms in total. The third-order valence-electron chi connectivity index (χ3n) is 6.63. The standard InChI is InChI=1S/C28H59NO/c1-4-6-8-10-12-14-16-18-20-22-24-26-29(28(3)30)27-25-23-21-19-17-15-13-11-9-7-5-2/h28,30H,4-27H2,1-3H3. The SMILES string of the molecule is CCCCCCCCCCCCCN(CCCCCCCCCCCCC)C(C)O. The average Bonchev–Trinajstić information content (AvgIpc) is 2.74. The molecule has 0 aromatic carbocycles. The maximum absolute atomic E-state index is 10.1. The highest BCUT2D eigenvalue weighted by Gasteiger charge is 2.09. The van der Waals surface area contributed by atoms with Crippen molar-refractivity contribution in [3.63, 3.8) is 0 Å². The molecule has 0 fully saturated rings. The zero-order valence-corrected chi connectivity index (χ0v) is 21.4. The molecular formula is C28H59NO. The molecule has 1 unspecified atom stereocenters. The Morgan fingerprint density at radius 2 is 0.667 bits per heavy atom. The van der Waals surface area contributed by atoms with Gasteiger partial charge in [0, 0.05) is 13.1 Å². The van der Waals surface area contributed by atoms with Gasteiger partial charge in [-0.25, -0.2) is 0 Å². The molecule has 0 aromatic heterocycles. The van der Waals surface area contributed by atoms with E-state index in [1.54, 1.807) is 0 Å². The molecule has 1 atom stereocenters. The first-order valence-corrected chi connectivity index (χ1v) is 14.1. The van der Waals surface area contributed by atoms with Crippen LogP contribution < -0.4 is 0 Å². The van der Waals surface area contributed by atoms with Gasteiger partial charge in [-0.1, -0.05) is 142 Å². The lowest BCUT2D eigenvalue weighted by atomic mass is 10.1. The molecule has 0 aliphatic carbocycles. The van der Waals surface area contributed by atoms with E-state index in [9.17, 15) is 5.11 Å². The molecule has 0 radical (unpaired) electrons. The van der Waals surface area contributed by atoms with Crippen molar-refractivity contribution in [2.24, 2.45) is 0 Å². The Balaban J connectivity index is 3.42. The third kappa shape index (κ3) is 22.6. The highest BCUT2D eigenvalue weighted by Crippen LogP contribution is 2.14. The Hall–Kier alpha value is -0.0800. The van der Waals surface area contributed by atoms with Crippen molar-refractivity contribution in [3.05, 3.63) is 0 Å². The topological polar surface area (TPSA) is 23.5 Å². The zero-order chi connectivity index (χ0) is 22.1. The Labute approximate surface area is 191 Å². The largest absolute Gasteiger partial charge is 0.379 e. The smallest absolute Gasteiger partial charge is 0.104 e. The van der Waals surface area contributed by atoms with Crippen LogP contribution in [0.4, 0.5) is 0 Å². The van der Waals surface area contributed by atoms with E-state index in [4.69, 9.17) is 0 Å². The van der Waals surface area contributed by atoms with E-state index < -0.39 is 0 Å². The predicted molar refractivity (Wildman–Crippen MR) is 136 cm³/mol. The van der Waals surface area contributed by atoms with Crippen LogP contribution in [0.3, 0.4) is 0 Å². The van der Waals surface area contributed by atoms with Gasteiger partial charge >= 0.3 is 0 Å². The van der Waals surface area contributed by atoms with Crippen molar-refractivity contribution in [2.75, 3.05) is 13.1 Å². The van der Waals surface area contributed by atoms with Crippen LogP contribution >= 0.6 is 0 Å². The second kappa shape index (κ2) is 25.2. The van der Waals surface area contributed by atoms with E-state index in [-0.39, 0.29) is 6.23 Å². The maximum Gasteiger partial charge on any atom is 0.104 e. The number of aliphatic hydroxyl groups is 1. The summed E-state index contributed by atoms with van der Waals surface area (Å²) >= 11 is 0. The number of rotatable bonds is 25. The monoisotopic (exact) mass is 425 g/mol. The van der Waals surface area contributed by atoms with E-state index in [1.165, 1.54) is 141 Å². The summed E-state index contributed by atoms with van der Waals surface area (Å²) in [4.78, 5) is 2.29. The summed E-state index contributed by atoms with van der Waals surface area (Å²) in [5, 5.41) is 10.1. The van der Waals surface area contributed by atoms with Crippen molar-refractivity contribution in [1.29, 1.82) is 0 Å². The molecule has 0 aliphatic rings. The minimum atomic E-state index is -0.281. The zero-order valence-electron chi connectivity index (χ0n) is 21.4. The fraction of sp³-hybridized carbons (Fsp3) is 1.00. The highest BCUT2D eigenvalue weighted by atomic mass is 16.3. The molecule has 0 saturated carbocycles. The summed E-state index contributed by atoms with van der Waals surface area (Å²) in [6.07, 6.45) is 30.3. The van der Waals surface area contributed by atoms with Crippen molar-refractivity contribution in [1.82, 2.24) is 4.90 Å². The highest BCUT2D eigenvalue weighted by molar-refractivity contribution is 4.60. The van der Waals surface area contributed by atoms with Gasteiger partial charge in [0.05, 0.1) is 0 Å². The second-order valence-electron chi connectivity index (χ2n) is 9.74. The van der Waals surface area contributed by atoms with Gasteiger partial charge in [-0.05, 0) is 19.8 Å². The summed E-state index contributed by atoms with van der Waals surface area (Å²) in [5.41, 5.74) is 0. The number of unbranched alkanes of at least 4 members (excludes halogenated alkanes) is 20. The van der Waals surface area contributed by atoms with E-state index >= 15 is 0 Å². The van der Waals surface area contributed by atoms with E-state index in [2.05, 4.69) is 18.7 Å². The molecule has 30 heavy (non-hydrogen) atoms. The molecule has 1 N–H and O–H groups in total. The van der Waals surface area contributed by atoms with Crippen LogP contribution in [0.25, 0.3) is 0 Å². The predicted octanol–water partition coefficient (Wildman–Crippen LogP) is 9.25. The molecule has 0 rings (SSSR count). The van der Waals surface area contributed by atoms with Crippen LogP contribution in [-0.2, 0) is 0 Å². The van der Waals surface area contributed by atoms with Crippen molar-refractivity contribution in [3.8, 4) is 0 Å². The first-order valence-electron chi connectivity index (χ1n) is 14.1. The van der Waals surface area contributed by atoms with Gasteiger partial charge in [0.2, 0.25) is 0 Å². The molecule has 0 amide bonds. The van der Waals surface area contributed by atoms with Gasteiger partial charge < -0.3 is 5.11 Å². The van der Waals surface area contributed by atoms with Crippen LogP contribution in [0.15, 0.2) is 0 Å². The van der Waals surface area contributed by atoms with E-state index in [0.717, 1.165) is 13.1 Å². The molecule has 0 aliphatic heterocycles. The van der Waals surface area contributed by atoms with Crippen LogP contribution in [0.2, 0.25) is 0 Å². The second-order valence-corrected chi connectivity index (χ2v) is 9.74. The normalized spacial score (nSPS) is 12.7. The van der Waals surface area contributed by atoms with Gasteiger partial charge in [0.15, 0.2) is 0 Å². The number of aliphatic hydroxyl groups excluding tert-OH is 1. The molecule has 182 valence electrons. The number of hydrogen-bond donors (Lipinski definition) is 1. The van der Waals surface area contributed by atoms with Crippen LogP contribution in [-0.4, -0.2) is 29.3 Å². The molecule has 0 heterocycles. The van der Waals surface area contributed by atoms with Crippen LogP contribution in [0.5, 0.6) is 0 Å². The molecule has 0 saturated heterocycles. The molecule has 0 bridgehead atoms.